The van der Waals surface area contributed by atoms with Gasteiger partial charge in [-0.15, -0.1) is 0 Å². The Morgan fingerprint density at radius 3 is 2.30 bits per heavy atom. The Hall–Kier alpha value is -3.59. The van der Waals surface area contributed by atoms with Crippen molar-refractivity contribution in [3.63, 3.8) is 0 Å². The summed E-state index contributed by atoms with van der Waals surface area (Å²) in [6, 6.07) is 14.1. The molecule has 0 bridgehead atoms. The van der Waals surface area contributed by atoms with Crippen molar-refractivity contribution in [3.8, 4) is 11.6 Å². The van der Waals surface area contributed by atoms with Gasteiger partial charge < -0.3 is 20.1 Å². The van der Waals surface area contributed by atoms with Gasteiger partial charge in [0.2, 0.25) is 11.8 Å². The molecule has 0 saturated heterocycles. The molecule has 3 rings (SSSR count). The van der Waals surface area contributed by atoms with E-state index in [1.54, 1.807) is 36.4 Å². The van der Waals surface area contributed by atoms with E-state index >= 15 is 0 Å². The van der Waals surface area contributed by atoms with Crippen LogP contribution in [0.3, 0.4) is 0 Å². The minimum absolute atomic E-state index is 0.182. The second kappa shape index (κ2) is 10.4. The molecule has 1 heterocycles. The smallest absolute Gasteiger partial charge is 0.416 e. The minimum Gasteiger partial charge on any atom is -0.496 e. The van der Waals surface area contributed by atoms with Crippen molar-refractivity contribution in [2.75, 3.05) is 25.7 Å². The fraction of sp³-hybridized carbons (Fsp3) is 0.250. The molecule has 0 aliphatic heterocycles. The molecular formula is C24H24F3N3O3. The summed E-state index contributed by atoms with van der Waals surface area (Å²) in [5, 5.41) is 0. The SMILES string of the molecule is COc1ccc(N(CCc2ccc(C(F)(F)F)cc2)C(=O)C(N)c2ccccc2OC)cn1. The molecule has 2 N–H and O–H groups in total. The highest BCUT2D eigenvalue weighted by molar-refractivity contribution is 5.98. The molecule has 1 unspecified atom stereocenters. The van der Waals surface area contributed by atoms with Crippen molar-refractivity contribution in [1.29, 1.82) is 0 Å². The number of carbonyl (C=O) groups is 1. The molecule has 0 saturated carbocycles. The standard InChI is InChI=1S/C24H24F3N3O3/c1-32-20-6-4-3-5-19(20)22(28)23(31)30(18-11-12-21(33-2)29-15-18)14-13-16-7-9-17(10-8-16)24(25,26)27/h3-12,15,22H,13-14,28H2,1-2H3. The Labute approximate surface area is 189 Å². The van der Waals surface area contributed by atoms with Gasteiger partial charge in [0.05, 0.1) is 31.7 Å². The lowest BCUT2D eigenvalue weighted by Crippen LogP contribution is -2.40. The van der Waals surface area contributed by atoms with Crippen molar-refractivity contribution in [1.82, 2.24) is 4.98 Å². The van der Waals surface area contributed by atoms with E-state index in [9.17, 15) is 18.0 Å². The van der Waals surface area contributed by atoms with Crippen LogP contribution in [0.4, 0.5) is 18.9 Å². The van der Waals surface area contributed by atoms with Gasteiger partial charge in [0.1, 0.15) is 11.8 Å². The number of carbonyl (C=O) groups excluding carboxylic acids is 1. The second-order valence-corrected chi connectivity index (χ2v) is 7.21. The number of methoxy groups -OCH3 is 2. The fourth-order valence-corrected chi connectivity index (χ4v) is 3.35. The Morgan fingerprint density at radius 2 is 1.73 bits per heavy atom. The van der Waals surface area contributed by atoms with E-state index in [4.69, 9.17) is 15.2 Å². The monoisotopic (exact) mass is 459 g/mol. The predicted octanol–water partition coefficient (Wildman–Crippen LogP) is 4.39. The molecular weight excluding hydrogens is 435 g/mol. The van der Waals surface area contributed by atoms with Crippen molar-refractivity contribution in [2.24, 2.45) is 5.73 Å². The number of nitrogens with zero attached hydrogens (tertiary/aromatic N) is 2. The molecule has 1 atom stereocenters. The van der Waals surface area contributed by atoms with E-state index in [0.29, 0.717) is 34.9 Å². The minimum atomic E-state index is -4.41. The summed E-state index contributed by atoms with van der Waals surface area (Å²) >= 11 is 0. The predicted molar refractivity (Wildman–Crippen MR) is 118 cm³/mol. The third kappa shape index (κ3) is 5.81. The molecule has 0 aliphatic rings. The number of rotatable bonds is 8. The molecule has 33 heavy (non-hydrogen) atoms. The van der Waals surface area contributed by atoms with Crippen LogP contribution in [0, 0.1) is 0 Å². The van der Waals surface area contributed by atoms with E-state index in [0.717, 1.165) is 12.1 Å². The number of hydrogen-bond acceptors (Lipinski definition) is 5. The first-order chi connectivity index (χ1) is 15.7. The Bertz CT molecular complexity index is 1070. The van der Waals surface area contributed by atoms with Crippen LogP contribution in [0.1, 0.15) is 22.7 Å². The zero-order valence-corrected chi connectivity index (χ0v) is 18.2. The Morgan fingerprint density at radius 1 is 1.03 bits per heavy atom. The van der Waals surface area contributed by atoms with E-state index in [1.165, 1.54) is 37.4 Å². The Kier molecular flexibility index (Phi) is 7.55. The van der Waals surface area contributed by atoms with Gasteiger partial charge in [-0.05, 0) is 36.2 Å². The molecule has 6 nitrogen and oxygen atoms in total. The summed E-state index contributed by atoms with van der Waals surface area (Å²) in [6.45, 7) is 0.182. The van der Waals surface area contributed by atoms with Gasteiger partial charge in [-0.3, -0.25) is 4.79 Å². The molecule has 1 aromatic heterocycles. The number of pyridine rings is 1. The molecule has 0 fully saturated rings. The number of aromatic nitrogens is 1. The van der Waals surface area contributed by atoms with Gasteiger partial charge in [0.25, 0.3) is 0 Å². The number of para-hydroxylation sites is 1. The van der Waals surface area contributed by atoms with E-state index in [1.807, 2.05) is 0 Å². The lowest BCUT2D eigenvalue weighted by molar-refractivity contribution is -0.137. The lowest BCUT2D eigenvalue weighted by Gasteiger charge is -2.26. The van der Waals surface area contributed by atoms with Crippen molar-refractivity contribution in [2.45, 2.75) is 18.6 Å². The van der Waals surface area contributed by atoms with Crippen LogP contribution in [0.15, 0.2) is 66.9 Å². The summed E-state index contributed by atoms with van der Waals surface area (Å²) < 4.78 is 48.9. The van der Waals surface area contributed by atoms with Gasteiger partial charge in [-0.25, -0.2) is 4.98 Å². The van der Waals surface area contributed by atoms with Gasteiger partial charge in [-0.1, -0.05) is 30.3 Å². The number of amides is 1. The van der Waals surface area contributed by atoms with Crippen LogP contribution in [-0.2, 0) is 17.4 Å². The van der Waals surface area contributed by atoms with Crippen LogP contribution < -0.4 is 20.1 Å². The normalized spacial score (nSPS) is 12.2. The van der Waals surface area contributed by atoms with Crippen molar-refractivity contribution >= 4 is 11.6 Å². The van der Waals surface area contributed by atoms with Crippen LogP contribution >= 0.6 is 0 Å². The first-order valence-electron chi connectivity index (χ1n) is 10.1. The van der Waals surface area contributed by atoms with Gasteiger partial charge >= 0.3 is 6.18 Å². The number of alkyl halides is 3. The second-order valence-electron chi connectivity index (χ2n) is 7.21. The van der Waals surface area contributed by atoms with E-state index < -0.39 is 23.7 Å². The summed E-state index contributed by atoms with van der Waals surface area (Å²) in [7, 11) is 2.97. The van der Waals surface area contributed by atoms with E-state index in [2.05, 4.69) is 4.98 Å². The zero-order chi connectivity index (χ0) is 24.0. The first kappa shape index (κ1) is 24.1. The molecule has 0 aliphatic carbocycles. The van der Waals surface area contributed by atoms with Gasteiger partial charge in [-0.2, -0.15) is 13.2 Å². The highest BCUT2D eigenvalue weighted by Crippen LogP contribution is 2.30. The number of hydrogen-bond donors (Lipinski definition) is 1. The van der Waals surface area contributed by atoms with Crippen LogP contribution in [-0.4, -0.2) is 31.7 Å². The maximum Gasteiger partial charge on any atom is 0.416 e. The maximum absolute atomic E-state index is 13.4. The molecule has 0 spiro atoms. The van der Waals surface area contributed by atoms with Crippen LogP contribution in [0.5, 0.6) is 11.6 Å². The fourth-order valence-electron chi connectivity index (χ4n) is 3.35. The first-order valence-corrected chi connectivity index (χ1v) is 10.1. The average molecular weight is 459 g/mol. The number of halogens is 3. The summed E-state index contributed by atoms with van der Waals surface area (Å²) in [4.78, 5) is 19.0. The molecule has 0 radical (unpaired) electrons. The summed E-state index contributed by atoms with van der Waals surface area (Å²) in [5.41, 5.74) is 7.23. The maximum atomic E-state index is 13.4. The topological polar surface area (TPSA) is 77.7 Å². The third-order valence-corrected chi connectivity index (χ3v) is 5.15. The van der Waals surface area contributed by atoms with Crippen LogP contribution in [0.2, 0.25) is 0 Å². The summed E-state index contributed by atoms with van der Waals surface area (Å²) in [6.07, 6.45) is -2.61. The zero-order valence-electron chi connectivity index (χ0n) is 18.2. The molecule has 3 aromatic rings. The highest BCUT2D eigenvalue weighted by atomic mass is 19.4. The Balaban J connectivity index is 1.86. The van der Waals surface area contributed by atoms with Crippen LogP contribution in [0.25, 0.3) is 0 Å². The van der Waals surface area contributed by atoms with Gasteiger partial charge in [0, 0.05) is 18.2 Å². The third-order valence-electron chi connectivity index (χ3n) is 5.15. The van der Waals surface area contributed by atoms with Crippen molar-refractivity contribution < 1.29 is 27.4 Å². The number of anilines is 1. The average Bonchev–Trinajstić information content (AvgIpc) is 2.83. The molecule has 9 heteroatoms. The number of benzene rings is 2. The quantitative estimate of drug-likeness (QED) is 0.541. The van der Waals surface area contributed by atoms with Gasteiger partial charge in [0.15, 0.2) is 0 Å². The summed E-state index contributed by atoms with van der Waals surface area (Å²) in [5.74, 6) is 0.454. The van der Waals surface area contributed by atoms with Crippen molar-refractivity contribution in [3.05, 3.63) is 83.6 Å². The lowest BCUT2D eigenvalue weighted by atomic mass is 10.0. The number of ether oxygens (including phenoxy) is 2. The van der Waals surface area contributed by atoms with E-state index in [-0.39, 0.29) is 6.54 Å². The highest BCUT2D eigenvalue weighted by Gasteiger charge is 2.30. The molecule has 2 aromatic carbocycles. The molecule has 1 amide bonds. The molecule has 174 valence electrons. The largest absolute Gasteiger partial charge is 0.496 e. The number of nitrogens with two attached hydrogens (primary N) is 1.